The molecule has 38 heavy (non-hydrogen) atoms. The normalized spacial score (nSPS) is 11.7. The summed E-state index contributed by atoms with van der Waals surface area (Å²) in [4.78, 5) is 24.4. The summed E-state index contributed by atoms with van der Waals surface area (Å²) in [5.41, 5.74) is -0.134. The number of phenolic OH excluding ortho intramolecular Hbond substituents is 1. The molecule has 0 aliphatic carbocycles. The molecule has 3 rings (SSSR count). The first-order valence-corrected chi connectivity index (χ1v) is 12.0. The number of hydrogen-bond donors (Lipinski definition) is 2. The van der Waals surface area contributed by atoms with E-state index in [2.05, 4.69) is 5.32 Å². The van der Waals surface area contributed by atoms with Crippen molar-refractivity contribution in [3.8, 4) is 22.6 Å². The van der Waals surface area contributed by atoms with Crippen molar-refractivity contribution in [3.05, 3.63) is 82.9 Å². The summed E-state index contributed by atoms with van der Waals surface area (Å²) in [5, 5.41) is 13.1. The van der Waals surface area contributed by atoms with Gasteiger partial charge in [0.15, 0.2) is 0 Å². The predicted molar refractivity (Wildman–Crippen MR) is 137 cm³/mol. The number of aromatic hydroxyl groups is 1. The summed E-state index contributed by atoms with van der Waals surface area (Å²) in [6.45, 7) is 6.89. The third-order valence-electron chi connectivity index (χ3n) is 5.45. The zero-order valence-corrected chi connectivity index (χ0v) is 21.6. The number of esters is 1. The Morgan fingerprint density at radius 1 is 0.895 bits per heavy atom. The van der Waals surface area contributed by atoms with Crippen LogP contribution in [-0.2, 0) is 28.7 Å². The number of ether oxygens (including phenoxy) is 2. The standard InChI is InChI=1S/C29H30F3NO5/c1-5-33-24(34)16-18-6-8-19(9-7-18)20-10-13-22(14-11-20)37-17-21-12-15-23(29(30,31)32)26(35)25(21)27(36)38-28(2,3)4/h6-15,35H,5,16-17H2,1-4H3,(H,33,34). The van der Waals surface area contributed by atoms with Gasteiger partial charge in [-0.25, -0.2) is 4.79 Å². The number of benzene rings is 3. The molecule has 0 aliphatic heterocycles. The third-order valence-corrected chi connectivity index (χ3v) is 5.45. The average molecular weight is 530 g/mol. The van der Waals surface area contributed by atoms with Crippen molar-refractivity contribution in [1.29, 1.82) is 0 Å². The summed E-state index contributed by atoms with van der Waals surface area (Å²) < 4.78 is 51.0. The van der Waals surface area contributed by atoms with Crippen LogP contribution in [-0.4, -0.2) is 29.1 Å². The van der Waals surface area contributed by atoms with E-state index in [-0.39, 0.29) is 18.1 Å². The van der Waals surface area contributed by atoms with E-state index >= 15 is 0 Å². The maximum Gasteiger partial charge on any atom is 0.419 e. The van der Waals surface area contributed by atoms with E-state index in [1.54, 1.807) is 32.9 Å². The second-order valence-electron chi connectivity index (χ2n) is 9.64. The fourth-order valence-corrected chi connectivity index (χ4v) is 3.70. The summed E-state index contributed by atoms with van der Waals surface area (Å²) >= 11 is 0. The summed E-state index contributed by atoms with van der Waals surface area (Å²) in [6, 6.07) is 16.4. The first kappa shape index (κ1) is 28.6. The minimum atomic E-state index is -4.85. The Balaban J connectivity index is 1.77. The minimum Gasteiger partial charge on any atom is -0.506 e. The van der Waals surface area contributed by atoms with Gasteiger partial charge in [0.25, 0.3) is 0 Å². The number of carbonyl (C=O) groups excluding carboxylic acids is 2. The summed E-state index contributed by atoms with van der Waals surface area (Å²) in [5.74, 6) is -1.90. The number of hydrogen-bond acceptors (Lipinski definition) is 5. The largest absolute Gasteiger partial charge is 0.506 e. The molecule has 0 bridgehead atoms. The molecule has 0 saturated carbocycles. The van der Waals surface area contributed by atoms with Crippen molar-refractivity contribution in [1.82, 2.24) is 5.32 Å². The number of alkyl halides is 3. The lowest BCUT2D eigenvalue weighted by molar-refractivity contribution is -0.138. The second kappa shape index (κ2) is 11.6. The maximum absolute atomic E-state index is 13.3. The van der Waals surface area contributed by atoms with Crippen molar-refractivity contribution < 1.29 is 37.3 Å². The lowest BCUT2D eigenvalue weighted by Crippen LogP contribution is -2.25. The van der Waals surface area contributed by atoms with Gasteiger partial charge in [-0.05, 0) is 62.6 Å². The highest BCUT2D eigenvalue weighted by Gasteiger charge is 2.37. The molecule has 0 saturated heterocycles. The van der Waals surface area contributed by atoms with Crippen molar-refractivity contribution in [2.75, 3.05) is 6.54 Å². The molecule has 0 radical (unpaired) electrons. The Hall–Kier alpha value is -4.01. The Morgan fingerprint density at radius 2 is 1.47 bits per heavy atom. The number of halogens is 3. The van der Waals surface area contributed by atoms with E-state index in [1.807, 2.05) is 43.3 Å². The Morgan fingerprint density at radius 3 is 2.00 bits per heavy atom. The molecule has 0 heterocycles. The molecule has 0 fully saturated rings. The Kier molecular flexibility index (Phi) is 8.70. The maximum atomic E-state index is 13.3. The van der Waals surface area contributed by atoms with E-state index in [9.17, 15) is 27.9 Å². The van der Waals surface area contributed by atoms with Crippen LogP contribution in [0.4, 0.5) is 13.2 Å². The van der Waals surface area contributed by atoms with E-state index in [1.165, 1.54) is 0 Å². The van der Waals surface area contributed by atoms with Crippen LogP contribution in [0.3, 0.4) is 0 Å². The van der Waals surface area contributed by atoms with Gasteiger partial charge in [0, 0.05) is 12.1 Å². The second-order valence-corrected chi connectivity index (χ2v) is 9.64. The minimum absolute atomic E-state index is 0.0436. The number of likely N-dealkylation sites (N-methyl/N-ethyl adjacent to an activating group) is 1. The highest BCUT2D eigenvalue weighted by molar-refractivity contribution is 5.95. The van der Waals surface area contributed by atoms with Crippen LogP contribution in [0.1, 0.15) is 54.7 Å². The number of amides is 1. The fourth-order valence-electron chi connectivity index (χ4n) is 3.70. The van der Waals surface area contributed by atoms with Crippen LogP contribution in [0, 0.1) is 0 Å². The van der Waals surface area contributed by atoms with Gasteiger partial charge in [0.05, 0.1) is 12.0 Å². The number of phenols is 1. The van der Waals surface area contributed by atoms with E-state index in [4.69, 9.17) is 9.47 Å². The highest BCUT2D eigenvalue weighted by atomic mass is 19.4. The van der Waals surface area contributed by atoms with Crippen LogP contribution in [0.5, 0.6) is 11.5 Å². The first-order chi connectivity index (χ1) is 17.8. The van der Waals surface area contributed by atoms with E-state index in [0.29, 0.717) is 24.8 Å². The predicted octanol–water partition coefficient (Wildman–Crippen LogP) is 6.29. The Labute approximate surface area is 219 Å². The monoisotopic (exact) mass is 529 g/mol. The highest BCUT2D eigenvalue weighted by Crippen LogP contribution is 2.39. The summed E-state index contributed by atoms with van der Waals surface area (Å²) in [7, 11) is 0. The quantitative estimate of drug-likeness (QED) is 0.335. The van der Waals surface area contributed by atoms with E-state index < -0.39 is 34.6 Å². The van der Waals surface area contributed by atoms with Gasteiger partial charge in [-0.2, -0.15) is 13.2 Å². The molecule has 0 unspecified atom stereocenters. The Bertz CT molecular complexity index is 1280. The van der Waals surface area contributed by atoms with Gasteiger partial charge in [0.2, 0.25) is 5.91 Å². The van der Waals surface area contributed by atoms with Crippen LogP contribution in [0.2, 0.25) is 0 Å². The van der Waals surface area contributed by atoms with Crippen molar-refractivity contribution >= 4 is 11.9 Å². The fraction of sp³-hybridized carbons (Fsp3) is 0.310. The first-order valence-electron chi connectivity index (χ1n) is 12.0. The van der Waals surface area contributed by atoms with Crippen molar-refractivity contribution in [3.63, 3.8) is 0 Å². The molecule has 3 aromatic carbocycles. The van der Waals surface area contributed by atoms with Gasteiger partial charge in [-0.15, -0.1) is 0 Å². The lowest BCUT2D eigenvalue weighted by atomic mass is 10.0. The van der Waals surface area contributed by atoms with Gasteiger partial charge < -0.3 is 19.9 Å². The van der Waals surface area contributed by atoms with Gasteiger partial charge >= 0.3 is 12.1 Å². The van der Waals surface area contributed by atoms with Crippen LogP contribution in [0.15, 0.2) is 60.7 Å². The molecule has 0 atom stereocenters. The zero-order valence-electron chi connectivity index (χ0n) is 21.6. The van der Waals surface area contributed by atoms with Gasteiger partial charge in [-0.3, -0.25) is 4.79 Å². The topological polar surface area (TPSA) is 84.9 Å². The van der Waals surface area contributed by atoms with E-state index in [0.717, 1.165) is 22.8 Å². The van der Waals surface area contributed by atoms with Crippen LogP contribution < -0.4 is 10.1 Å². The lowest BCUT2D eigenvalue weighted by Gasteiger charge is -2.22. The van der Waals surface area contributed by atoms with Crippen molar-refractivity contribution in [2.24, 2.45) is 0 Å². The molecular formula is C29H30F3NO5. The molecule has 202 valence electrons. The molecule has 3 aromatic rings. The SMILES string of the molecule is CCNC(=O)Cc1ccc(-c2ccc(OCc3ccc(C(F)(F)F)c(O)c3C(=O)OC(C)(C)C)cc2)cc1. The molecule has 9 heteroatoms. The molecule has 1 amide bonds. The third kappa shape index (κ3) is 7.50. The molecular weight excluding hydrogens is 499 g/mol. The van der Waals surface area contributed by atoms with Crippen molar-refractivity contribution in [2.45, 2.75) is 52.5 Å². The smallest absolute Gasteiger partial charge is 0.419 e. The van der Waals surface area contributed by atoms with Gasteiger partial charge in [0.1, 0.15) is 29.3 Å². The van der Waals surface area contributed by atoms with Crippen LogP contribution in [0.25, 0.3) is 11.1 Å². The number of carbonyl (C=O) groups is 2. The molecule has 2 N–H and O–H groups in total. The number of rotatable bonds is 8. The average Bonchev–Trinajstić information content (AvgIpc) is 2.81. The van der Waals surface area contributed by atoms with Crippen LogP contribution >= 0.6 is 0 Å². The zero-order chi connectivity index (χ0) is 28.1. The molecule has 0 aliphatic rings. The summed E-state index contributed by atoms with van der Waals surface area (Å²) in [6.07, 6.45) is -4.55. The number of nitrogens with one attached hydrogen (secondary N) is 1. The molecule has 0 aromatic heterocycles. The molecule has 0 spiro atoms. The van der Waals surface area contributed by atoms with Gasteiger partial charge in [-0.1, -0.05) is 42.5 Å². The molecule has 6 nitrogen and oxygen atoms in total.